The van der Waals surface area contributed by atoms with Crippen LogP contribution in [-0.2, 0) is 4.74 Å². The molecule has 0 spiro atoms. The lowest BCUT2D eigenvalue weighted by Crippen LogP contribution is -2.29. The number of aryl methyl sites for hydroxylation is 1. The largest absolute Gasteiger partial charge is 0.385 e. The molecule has 3 nitrogen and oxygen atoms in total. The fraction of sp³-hybridized carbons (Fsp3) is 0.462. The van der Waals surface area contributed by atoms with Crippen LogP contribution in [0.4, 0.5) is 4.39 Å². The summed E-state index contributed by atoms with van der Waals surface area (Å²) in [4.78, 5) is 13.6. The van der Waals surface area contributed by atoms with Crippen molar-refractivity contribution in [2.75, 3.05) is 27.3 Å². The van der Waals surface area contributed by atoms with E-state index in [1.54, 1.807) is 32.0 Å². The molecular formula is C13H18FNO2. The van der Waals surface area contributed by atoms with Gasteiger partial charge in [0.1, 0.15) is 5.82 Å². The number of rotatable bonds is 5. The number of carbonyl (C=O) groups is 1. The van der Waals surface area contributed by atoms with Gasteiger partial charge in [-0.3, -0.25) is 4.79 Å². The van der Waals surface area contributed by atoms with Crippen LogP contribution in [0.1, 0.15) is 22.3 Å². The number of hydrogen-bond acceptors (Lipinski definition) is 2. The molecule has 0 saturated heterocycles. The lowest BCUT2D eigenvalue weighted by Gasteiger charge is -2.18. The van der Waals surface area contributed by atoms with Gasteiger partial charge in [0.05, 0.1) is 0 Å². The van der Waals surface area contributed by atoms with Crippen molar-refractivity contribution in [1.29, 1.82) is 0 Å². The Morgan fingerprint density at radius 2 is 2.18 bits per heavy atom. The molecule has 1 aromatic carbocycles. The first-order chi connectivity index (χ1) is 8.06. The molecule has 17 heavy (non-hydrogen) atoms. The monoisotopic (exact) mass is 239 g/mol. The average molecular weight is 239 g/mol. The summed E-state index contributed by atoms with van der Waals surface area (Å²) in [5, 5.41) is 0. The topological polar surface area (TPSA) is 29.5 Å². The Labute approximate surface area is 101 Å². The zero-order valence-electron chi connectivity index (χ0n) is 10.5. The van der Waals surface area contributed by atoms with Gasteiger partial charge in [-0.2, -0.15) is 0 Å². The smallest absolute Gasteiger partial charge is 0.253 e. The predicted molar refractivity (Wildman–Crippen MR) is 64.6 cm³/mol. The molecule has 0 bridgehead atoms. The Kier molecular flexibility index (Phi) is 5.10. The summed E-state index contributed by atoms with van der Waals surface area (Å²) in [6.07, 6.45) is 0.771. The number of halogens is 1. The molecule has 4 heteroatoms. The van der Waals surface area contributed by atoms with E-state index in [-0.39, 0.29) is 11.7 Å². The highest BCUT2D eigenvalue weighted by Crippen LogP contribution is 2.12. The van der Waals surface area contributed by atoms with Crippen LogP contribution in [-0.4, -0.2) is 38.1 Å². The third-order valence-corrected chi connectivity index (χ3v) is 2.62. The van der Waals surface area contributed by atoms with Crippen molar-refractivity contribution in [3.8, 4) is 0 Å². The Hall–Kier alpha value is -1.42. The number of nitrogens with zero attached hydrogens (tertiary/aromatic N) is 1. The van der Waals surface area contributed by atoms with Gasteiger partial charge in [0.2, 0.25) is 0 Å². The van der Waals surface area contributed by atoms with E-state index < -0.39 is 0 Å². The minimum atomic E-state index is -0.385. The fourth-order valence-electron chi connectivity index (χ4n) is 1.58. The van der Waals surface area contributed by atoms with Crippen molar-refractivity contribution in [3.05, 3.63) is 35.1 Å². The van der Waals surface area contributed by atoms with Crippen LogP contribution in [0.5, 0.6) is 0 Å². The summed E-state index contributed by atoms with van der Waals surface area (Å²) in [5.41, 5.74) is 1.21. The van der Waals surface area contributed by atoms with Gasteiger partial charge in [-0.25, -0.2) is 4.39 Å². The van der Waals surface area contributed by atoms with Crippen molar-refractivity contribution in [3.63, 3.8) is 0 Å². The molecule has 0 N–H and O–H groups in total. The Bertz CT molecular complexity index is 393. The second kappa shape index (κ2) is 6.35. The van der Waals surface area contributed by atoms with Crippen LogP contribution < -0.4 is 0 Å². The van der Waals surface area contributed by atoms with Gasteiger partial charge in [-0.1, -0.05) is 6.07 Å². The zero-order valence-corrected chi connectivity index (χ0v) is 10.5. The lowest BCUT2D eigenvalue weighted by atomic mass is 10.1. The number of benzene rings is 1. The van der Waals surface area contributed by atoms with Crippen molar-refractivity contribution >= 4 is 5.91 Å². The molecule has 0 unspecified atom stereocenters. The molecule has 0 aliphatic rings. The third kappa shape index (κ3) is 3.82. The molecule has 0 aliphatic heterocycles. The summed E-state index contributed by atoms with van der Waals surface area (Å²) < 4.78 is 18.0. The maximum atomic E-state index is 13.1. The van der Waals surface area contributed by atoms with Gasteiger partial charge < -0.3 is 9.64 Å². The number of carbonyl (C=O) groups excluding carboxylic acids is 1. The molecule has 0 radical (unpaired) electrons. The first kappa shape index (κ1) is 13.6. The van der Waals surface area contributed by atoms with E-state index in [0.29, 0.717) is 18.7 Å². The Morgan fingerprint density at radius 1 is 1.47 bits per heavy atom. The zero-order chi connectivity index (χ0) is 12.8. The number of hydrogen-bond donors (Lipinski definition) is 0. The quantitative estimate of drug-likeness (QED) is 0.737. The highest BCUT2D eigenvalue weighted by molar-refractivity contribution is 5.95. The van der Waals surface area contributed by atoms with Crippen molar-refractivity contribution in [2.45, 2.75) is 13.3 Å². The maximum Gasteiger partial charge on any atom is 0.253 e. The van der Waals surface area contributed by atoms with Gasteiger partial charge in [0.25, 0.3) is 5.91 Å². The van der Waals surface area contributed by atoms with Crippen LogP contribution >= 0.6 is 0 Å². The predicted octanol–water partition coefficient (Wildman–Crippen LogP) is 2.24. The van der Waals surface area contributed by atoms with Crippen LogP contribution in [0.25, 0.3) is 0 Å². The summed E-state index contributed by atoms with van der Waals surface area (Å²) in [5.74, 6) is -0.539. The molecule has 1 rings (SSSR count). The second-order valence-electron chi connectivity index (χ2n) is 4.03. The molecule has 1 aromatic rings. The highest BCUT2D eigenvalue weighted by Gasteiger charge is 2.14. The summed E-state index contributed by atoms with van der Waals surface area (Å²) in [7, 11) is 3.33. The first-order valence-electron chi connectivity index (χ1n) is 5.57. The summed E-state index contributed by atoms with van der Waals surface area (Å²) >= 11 is 0. The molecule has 0 heterocycles. The van der Waals surface area contributed by atoms with Gasteiger partial charge >= 0.3 is 0 Å². The van der Waals surface area contributed by atoms with Crippen molar-refractivity contribution < 1.29 is 13.9 Å². The number of ether oxygens (including phenoxy) is 1. The second-order valence-corrected chi connectivity index (χ2v) is 4.03. The summed E-state index contributed by atoms with van der Waals surface area (Å²) in [6.45, 7) is 3.01. The van der Waals surface area contributed by atoms with Crippen LogP contribution in [0, 0.1) is 12.7 Å². The Balaban J connectivity index is 2.71. The first-order valence-corrected chi connectivity index (χ1v) is 5.57. The highest BCUT2D eigenvalue weighted by atomic mass is 19.1. The van der Waals surface area contributed by atoms with E-state index in [2.05, 4.69) is 0 Å². The molecule has 94 valence electrons. The number of amides is 1. The summed E-state index contributed by atoms with van der Waals surface area (Å²) in [6, 6.07) is 4.26. The van der Waals surface area contributed by atoms with E-state index >= 15 is 0 Å². The Morgan fingerprint density at radius 3 is 2.82 bits per heavy atom. The standard InChI is InChI=1S/C13H18FNO2/c1-10-5-6-11(14)9-12(10)13(16)15(2)7-4-8-17-3/h5-6,9H,4,7-8H2,1-3H3. The minimum Gasteiger partial charge on any atom is -0.385 e. The van der Waals surface area contributed by atoms with Gasteiger partial charge in [-0.15, -0.1) is 0 Å². The van der Waals surface area contributed by atoms with E-state index in [0.717, 1.165) is 12.0 Å². The molecule has 0 fully saturated rings. The van der Waals surface area contributed by atoms with Gasteiger partial charge in [-0.05, 0) is 31.0 Å². The van der Waals surface area contributed by atoms with E-state index in [1.165, 1.54) is 12.1 Å². The molecule has 0 aromatic heterocycles. The minimum absolute atomic E-state index is 0.155. The SMILES string of the molecule is COCCCN(C)C(=O)c1cc(F)ccc1C. The van der Waals surface area contributed by atoms with Crippen LogP contribution in [0.3, 0.4) is 0 Å². The van der Waals surface area contributed by atoms with E-state index in [1.807, 2.05) is 0 Å². The molecule has 0 saturated carbocycles. The normalized spacial score (nSPS) is 10.4. The fourth-order valence-corrected chi connectivity index (χ4v) is 1.58. The lowest BCUT2D eigenvalue weighted by molar-refractivity contribution is 0.0778. The molecular weight excluding hydrogens is 221 g/mol. The van der Waals surface area contributed by atoms with Crippen LogP contribution in [0.2, 0.25) is 0 Å². The van der Waals surface area contributed by atoms with E-state index in [4.69, 9.17) is 4.74 Å². The van der Waals surface area contributed by atoms with Crippen molar-refractivity contribution in [2.24, 2.45) is 0 Å². The molecule has 1 amide bonds. The molecule has 0 atom stereocenters. The van der Waals surface area contributed by atoms with Gasteiger partial charge in [0, 0.05) is 32.9 Å². The maximum absolute atomic E-state index is 13.1. The van der Waals surface area contributed by atoms with E-state index in [9.17, 15) is 9.18 Å². The molecule has 0 aliphatic carbocycles. The number of methoxy groups -OCH3 is 1. The van der Waals surface area contributed by atoms with Crippen molar-refractivity contribution in [1.82, 2.24) is 4.90 Å². The van der Waals surface area contributed by atoms with Gasteiger partial charge in [0.15, 0.2) is 0 Å². The third-order valence-electron chi connectivity index (χ3n) is 2.62. The van der Waals surface area contributed by atoms with Crippen LogP contribution in [0.15, 0.2) is 18.2 Å². The average Bonchev–Trinajstić information content (AvgIpc) is 2.31.